The molecule has 1 aliphatic carbocycles. The number of hydrazone groups is 1. The molecule has 0 heterocycles. The van der Waals surface area contributed by atoms with Gasteiger partial charge in [0.15, 0.2) is 11.5 Å². The Kier molecular flexibility index (Phi) is 7.79. The van der Waals surface area contributed by atoms with E-state index >= 15 is 0 Å². The van der Waals surface area contributed by atoms with Crippen molar-refractivity contribution >= 4 is 24.0 Å². The van der Waals surface area contributed by atoms with Gasteiger partial charge in [0.1, 0.15) is 0 Å². The molecule has 8 nitrogen and oxygen atoms in total. The van der Waals surface area contributed by atoms with Crippen LogP contribution in [0.25, 0.3) is 0 Å². The molecule has 0 unspecified atom stereocenters. The molecule has 0 saturated heterocycles. The van der Waals surface area contributed by atoms with E-state index in [2.05, 4.69) is 15.8 Å². The van der Waals surface area contributed by atoms with Crippen molar-refractivity contribution in [2.24, 2.45) is 11.0 Å². The molecule has 1 aliphatic rings. The molecule has 1 saturated carbocycles. The van der Waals surface area contributed by atoms with Gasteiger partial charge in [-0.2, -0.15) is 5.10 Å². The number of benzene rings is 1. The summed E-state index contributed by atoms with van der Waals surface area (Å²) in [6.45, 7) is 1.19. The first-order chi connectivity index (χ1) is 13.0. The molecule has 1 aromatic rings. The Morgan fingerprint density at radius 3 is 2.59 bits per heavy atom. The van der Waals surface area contributed by atoms with Crippen molar-refractivity contribution in [1.82, 2.24) is 10.7 Å². The quantitative estimate of drug-likeness (QED) is 0.327. The predicted octanol–water partition coefficient (Wildman–Crippen LogP) is 1.77. The van der Waals surface area contributed by atoms with E-state index in [0.717, 1.165) is 25.7 Å². The number of esters is 1. The van der Waals surface area contributed by atoms with Gasteiger partial charge in [-0.15, -0.1) is 0 Å². The highest BCUT2D eigenvalue weighted by Crippen LogP contribution is 2.27. The van der Waals surface area contributed by atoms with Gasteiger partial charge in [0.25, 0.3) is 5.91 Å². The van der Waals surface area contributed by atoms with Crippen molar-refractivity contribution in [3.63, 3.8) is 0 Å². The summed E-state index contributed by atoms with van der Waals surface area (Å²) < 4.78 is 10.2. The van der Waals surface area contributed by atoms with Crippen LogP contribution in [0.4, 0.5) is 0 Å². The molecule has 0 spiro atoms. The minimum atomic E-state index is -0.447. The Morgan fingerprint density at radius 2 is 1.93 bits per heavy atom. The summed E-state index contributed by atoms with van der Waals surface area (Å²) >= 11 is 0. The summed E-state index contributed by atoms with van der Waals surface area (Å²) in [7, 11) is 1.46. The summed E-state index contributed by atoms with van der Waals surface area (Å²) in [5, 5.41) is 6.51. The van der Waals surface area contributed by atoms with Crippen LogP contribution >= 0.6 is 0 Å². The lowest BCUT2D eigenvalue weighted by atomic mass is 9.89. The number of ether oxygens (including phenoxy) is 2. The maximum atomic E-state index is 12.0. The number of amides is 2. The molecule has 0 aromatic heterocycles. The maximum absolute atomic E-state index is 12.0. The Bertz CT molecular complexity index is 711. The molecule has 0 aliphatic heterocycles. The van der Waals surface area contributed by atoms with E-state index in [1.165, 1.54) is 26.7 Å². The fourth-order valence-electron chi connectivity index (χ4n) is 2.90. The number of methoxy groups -OCH3 is 1. The molecular formula is C19H25N3O5. The van der Waals surface area contributed by atoms with Crippen LogP contribution in [-0.4, -0.2) is 37.7 Å². The predicted molar refractivity (Wildman–Crippen MR) is 99.6 cm³/mol. The minimum Gasteiger partial charge on any atom is -0.493 e. The van der Waals surface area contributed by atoms with Gasteiger partial charge in [0, 0.05) is 12.8 Å². The first-order valence-electron chi connectivity index (χ1n) is 8.95. The first-order valence-corrected chi connectivity index (χ1v) is 8.95. The van der Waals surface area contributed by atoms with Gasteiger partial charge in [0.05, 0.1) is 19.9 Å². The number of hydrogen-bond acceptors (Lipinski definition) is 6. The number of nitrogens with one attached hydrogen (secondary N) is 2. The normalized spacial score (nSPS) is 14.6. The zero-order chi connectivity index (χ0) is 19.6. The van der Waals surface area contributed by atoms with Crippen molar-refractivity contribution in [2.45, 2.75) is 39.0 Å². The van der Waals surface area contributed by atoms with Gasteiger partial charge in [-0.25, -0.2) is 5.43 Å². The monoisotopic (exact) mass is 375 g/mol. The van der Waals surface area contributed by atoms with Crippen molar-refractivity contribution in [2.75, 3.05) is 13.7 Å². The highest BCUT2D eigenvalue weighted by molar-refractivity contribution is 5.87. The van der Waals surface area contributed by atoms with E-state index in [0.29, 0.717) is 17.1 Å². The Labute approximate surface area is 158 Å². The van der Waals surface area contributed by atoms with Gasteiger partial charge in [-0.1, -0.05) is 19.3 Å². The SMILES string of the molecule is COc1cc(C=NNC(=O)CNC(=O)C2CCCCC2)ccc1OC(C)=O. The van der Waals surface area contributed by atoms with E-state index in [1.54, 1.807) is 18.2 Å². The third kappa shape index (κ3) is 6.73. The summed E-state index contributed by atoms with van der Waals surface area (Å²) in [4.78, 5) is 34.8. The van der Waals surface area contributed by atoms with Crippen LogP contribution in [0, 0.1) is 5.92 Å². The third-order valence-corrected chi connectivity index (χ3v) is 4.24. The second-order valence-electron chi connectivity index (χ2n) is 6.35. The summed E-state index contributed by atoms with van der Waals surface area (Å²) in [5.74, 6) is -0.231. The van der Waals surface area contributed by atoms with Crippen LogP contribution in [0.1, 0.15) is 44.6 Å². The highest BCUT2D eigenvalue weighted by atomic mass is 16.6. The molecule has 2 rings (SSSR count). The molecule has 0 atom stereocenters. The van der Waals surface area contributed by atoms with Gasteiger partial charge in [0.2, 0.25) is 5.91 Å². The van der Waals surface area contributed by atoms with Gasteiger partial charge >= 0.3 is 5.97 Å². The Hall–Kier alpha value is -2.90. The van der Waals surface area contributed by atoms with Crippen LogP contribution in [0.5, 0.6) is 11.5 Å². The topological polar surface area (TPSA) is 106 Å². The Balaban J connectivity index is 1.81. The number of rotatable bonds is 7. The summed E-state index contributed by atoms with van der Waals surface area (Å²) in [6, 6.07) is 4.87. The number of hydrogen-bond donors (Lipinski definition) is 2. The minimum absolute atomic E-state index is 0.0123. The lowest BCUT2D eigenvalue weighted by Crippen LogP contribution is -2.38. The fourth-order valence-corrected chi connectivity index (χ4v) is 2.90. The number of nitrogens with zero attached hydrogens (tertiary/aromatic N) is 1. The lowest BCUT2D eigenvalue weighted by Gasteiger charge is -2.20. The van der Waals surface area contributed by atoms with E-state index in [1.807, 2.05) is 0 Å². The second kappa shape index (κ2) is 10.3. The summed E-state index contributed by atoms with van der Waals surface area (Å²) in [5.41, 5.74) is 3.01. The molecule has 0 bridgehead atoms. The van der Waals surface area contributed by atoms with Crippen molar-refractivity contribution in [1.29, 1.82) is 0 Å². The first kappa shape index (κ1) is 20.4. The van der Waals surface area contributed by atoms with E-state index in [-0.39, 0.29) is 18.4 Å². The molecular weight excluding hydrogens is 350 g/mol. The molecule has 27 heavy (non-hydrogen) atoms. The van der Waals surface area contributed by atoms with Crippen LogP contribution < -0.4 is 20.2 Å². The second-order valence-corrected chi connectivity index (χ2v) is 6.35. The average molecular weight is 375 g/mol. The molecule has 0 radical (unpaired) electrons. The smallest absolute Gasteiger partial charge is 0.308 e. The number of carbonyl (C=O) groups is 3. The van der Waals surface area contributed by atoms with E-state index < -0.39 is 11.9 Å². The highest BCUT2D eigenvalue weighted by Gasteiger charge is 2.21. The van der Waals surface area contributed by atoms with E-state index in [4.69, 9.17) is 9.47 Å². The van der Waals surface area contributed by atoms with Crippen LogP contribution in [0.3, 0.4) is 0 Å². The van der Waals surface area contributed by atoms with Crippen molar-refractivity contribution in [3.8, 4) is 11.5 Å². The fraction of sp³-hybridized carbons (Fsp3) is 0.474. The lowest BCUT2D eigenvalue weighted by molar-refractivity contribution is -0.132. The zero-order valence-electron chi connectivity index (χ0n) is 15.6. The average Bonchev–Trinajstić information content (AvgIpc) is 2.67. The van der Waals surface area contributed by atoms with Crippen molar-refractivity contribution in [3.05, 3.63) is 23.8 Å². The van der Waals surface area contributed by atoms with Gasteiger partial charge in [-0.05, 0) is 36.6 Å². The molecule has 1 fully saturated rings. The molecule has 146 valence electrons. The summed E-state index contributed by atoms with van der Waals surface area (Å²) in [6.07, 6.45) is 6.50. The largest absolute Gasteiger partial charge is 0.493 e. The standard InChI is InChI=1S/C19H25N3O5/c1-13(23)27-16-9-8-14(10-17(16)26-2)11-21-22-18(24)12-20-19(25)15-6-4-3-5-7-15/h8-11,15H,3-7,12H2,1-2H3,(H,20,25)(H,22,24). The molecule has 8 heteroatoms. The molecule has 2 amide bonds. The van der Waals surface area contributed by atoms with E-state index in [9.17, 15) is 14.4 Å². The number of carbonyl (C=O) groups excluding carboxylic acids is 3. The molecule has 2 N–H and O–H groups in total. The van der Waals surface area contributed by atoms with Crippen LogP contribution in [0.2, 0.25) is 0 Å². The maximum Gasteiger partial charge on any atom is 0.308 e. The van der Waals surface area contributed by atoms with Crippen molar-refractivity contribution < 1.29 is 23.9 Å². The van der Waals surface area contributed by atoms with Gasteiger partial charge in [-0.3, -0.25) is 14.4 Å². The van der Waals surface area contributed by atoms with Crippen LogP contribution in [0.15, 0.2) is 23.3 Å². The third-order valence-electron chi connectivity index (χ3n) is 4.24. The van der Waals surface area contributed by atoms with Gasteiger partial charge < -0.3 is 14.8 Å². The Morgan fingerprint density at radius 1 is 1.19 bits per heavy atom. The zero-order valence-corrected chi connectivity index (χ0v) is 15.6. The molecule has 1 aromatic carbocycles. The van der Waals surface area contributed by atoms with Crippen LogP contribution in [-0.2, 0) is 14.4 Å².